The van der Waals surface area contributed by atoms with E-state index < -0.39 is 10.0 Å². The van der Waals surface area contributed by atoms with Gasteiger partial charge in [0, 0.05) is 18.8 Å². The summed E-state index contributed by atoms with van der Waals surface area (Å²) in [6, 6.07) is 4.71. The summed E-state index contributed by atoms with van der Waals surface area (Å²) in [5, 5.41) is 2.95. The zero-order chi connectivity index (χ0) is 20.9. The second-order valence-corrected chi connectivity index (χ2v) is 9.77. The van der Waals surface area contributed by atoms with Crippen LogP contribution in [0, 0.1) is 0 Å². The number of nitrogens with one attached hydrogen (secondary N) is 1. The molecule has 1 aromatic carbocycles. The first-order chi connectivity index (χ1) is 14.0. The highest BCUT2D eigenvalue weighted by Crippen LogP contribution is 2.31. The number of hydrogen-bond donors (Lipinski definition) is 1. The van der Waals surface area contributed by atoms with Crippen LogP contribution in [0.15, 0.2) is 23.1 Å². The van der Waals surface area contributed by atoms with Crippen molar-refractivity contribution >= 4 is 21.6 Å². The van der Waals surface area contributed by atoms with Gasteiger partial charge in [-0.3, -0.25) is 9.69 Å². The molecule has 2 aliphatic heterocycles. The number of piperidine rings is 2. The van der Waals surface area contributed by atoms with Gasteiger partial charge in [0.05, 0.1) is 13.2 Å². The molecule has 3 rings (SSSR count). The molecule has 2 fully saturated rings. The molecule has 1 N–H and O–H groups in total. The lowest BCUT2D eigenvalue weighted by Gasteiger charge is -2.34. The van der Waals surface area contributed by atoms with E-state index in [1.54, 1.807) is 12.1 Å². The van der Waals surface area contributed by atoms with E-state index in [0.717, 1.165) is 58.0 Å². The van der Waals surface area contributed by atoms with Crippen LogP contribution in [-0.2, 0) is 14.8 Å². The molecule has 0 bridgehead atoms. The Morgan fingerprint density at radius 3 is 2.55 bits per heavy atom. The van der Waals surface area contributed by atoms with E-state index in [-0.39, 0.29) is 16.8 Å². The minimum Gasteiger partial charge on any atom is -0.495 e. The van der Waals surface area contributed by atoms with Crippen molar-refractivity contribution in [3.8, 4) is 5.75 Å². The molecule has 8 heteroatoms. The van der Waals surface area contributed by atoms with E-state index in [2.05, 4.69) is 17.1 Å². The van der Waals surface area contributed by atoms with E-state index >= 15 is 0 Å². The quantitative estimate of drug-likeness (QED) is 0.729. The van der Waals surface area contributed by atoms with E-state index in [1.165, 1.54) is 17.5 Å². The normalized spacial score (nSPS) is 21.7. The first kappa shape index (κ1) is 22.1. The summed E-state index contributed by atoms with van der Waals surface area (Å²) < 4.78 is 33.2. The number of rotatable bonds is 7. The Kier molecular flexibility index (Phi) is 7.54. The smallest absolute Gasteiger partial charge is 0.246 e. The molecule has 2 saturated heterocycles. The highest BCUT2D eigenvalue weighted by Gasteiger charge is 2.31. The van der Waals surface area contributed by atoms with Crippen molar-refractivity contribution in [3.05, 3.63) is 18.2 Å². The third kappa shape index (κ3) is 5.10. The van der Waals surface area contributed by atoms with Gasteiger partial charge in [0.2, 0.25) is 15.9 Å². The van der Waals surface area contributed by atoms with Crippen LogP contribution >= 0.6 is 0 Å². The van der Waals surface area contributed by atoms with E-state index in [4.69, 9.17) is 4.74 Å². The summed E-state index contributed by atoms with van der Waals surface area (Å²) in [7, 11) is -2.19. The van der Waals surface area contributed by atoms with Crippen LogP contribution in [0.3, 0.4) is 0 Å². The SMILES string of the molecule is CCCN1CCCCC1C(=O)Nc1ccc(OC)c(S(=O)(=O)N2CCCCC2)c1. The van der Waals surface area contributed by atoms with Crippen molar-refractivity contribution in [3.63, 3.8) is 0 Å². The fourth-order valence-electron chi connectivity index (χ4n) is 4.27. The number of methoxy groups -OCH3 is 1. The number of amides is 1. The molecular formula is C21H33N3O4S. The summed E-state index contributed by atoms with van der Waals surface area (Å²) >= 11 is 0. The fraction of sp³-hybridized carbons (Fsp3) is 0.667. The molecule has 162 valence electrons. The summed E-state index contributed by atoms with van der Waals surface area (Å²) in [6.45, 7) is 5.00. The zero-order valence-electron chi connectivity index (χ0n) is 17.5. The Morgan fingerprint density at radius 1 is 1.14 bits per heavy atom. The lowest BCUT2D eigenvalue weighted by atomic mass is 10.0. The van der Waals surface area contributed by atoms with E-state index in [1.807, 2.05) is 0 Å². The summed E-state index contributed by atoms with van der Waals surface area (Å²) in [5.74, 6) is 0.239. The highest BCUT2D eigenvalue weighted by atomic mass is 32.2. The minimum absolute atomic E-state index is 0.0652. The molecule has 0 aliphatic carbocycles. The monoisotopic (exact) mass is 423 g/mol. The number of sulfonamides is 1. The first-order valence-corrected chi connectivity index (χ1v) is 12.1. The number of ether oxygens (including phenoxy) is 1. The van der Waals surface area contributed by atoms with Crippen molar-refractivity contribution in [2.75, 3.05) is 38.6 Å². The maximum Gasteiger partial charge on any atom is 0.246 e. The Labute approximate surface area is 174 Å². The molecule has 7 nitrogen and oxygen atoms in total. The van der Waals surface area contributed by atoms with Gasteiger partial charge in [-0.15, -0.1) is 0 Å². The van der Waals surface area contributed by atoms with Gasteiger partial charge in [0.1, 0.15) is 10.6 Å². The van der Waals surface area contributed by atoms with E-state index in [0.29, 0.717) is 24.5 Å². The van der Waals surface area contributed by atoms with Crippen LogP contribution in [0.5, 0.6) is 5.75 Å². The van der Waals surface area contributed by atoms with Crippen LogP contribution in [-0.4, -0.2) is 62.9 Å². The predicted octanol–water partition coefficient (Wildman–Crippen LogP) is 3.07. The van der Waals surface area contributed by atoms with Crippen molar-refractivity contribution in [2.45, 2.75) is 62.8 Å². The van der Waals surface area contributed by atoms with Crippen LogP contribution in [0.1, 0.15) is 51.9 Å². The van der Waals surface area contributed by atoms with Gasteiger partial charge in [-0.25, -0.2) is 8.42 Å². The van der Waals surface area contributed by atoms with Crippen molar-refractivity contribution in [2.24, 2.45) is 0 Å². The maximum absolute atomic E-state index is 13.2. The Morgan fingerprint density at radius 2 is 1.86 bits per heavy atom. The number of hydrogen-bond acceptors (Lipinski definition) is 5. The van der Waals surface area contributed by atoms with Crippen LogP contribution in [0.25, 0.3) is 0 Å². The molecule has 29 heavy (non-hydrogen) atoms. The molecule has 0 saturated carbocycles. The van der Waals surface area contributed by atoms with Gasteiger partial charge in [0.15, 0.2) is 0 Å². The van der Waals surface area contributed by atoms with Gasteiger partial charge in [-0.2, -0.15) is 4.31 Å². The van der Waals surface area contributed by atoms with Crippen molar-refractivity contribution in [1.82, 2.24) is 9.21 Å². The average Bonchev–Trinajstić information content (AvgIpc) is 2.75. The van der Waals surface area contributed by atoms with Gasteiger partial charge < -0.3 is 10.1 Å². The lowest BCUT2D eigenvalue weighted by Crippen LogP contribution is -2.47. The fourth-order valence-corrected chi connectivity index (χ4v) is 5.97. The van der Waals surface area contributed by atoms with Crippen LogP contribution in [0.4, 0.5) is 5.69 Å². The molecule has 1 aromatic rings. The summed E-state index contributed by atoms with van der Waals surface area (Å²) in [6.07, 6.45) is 6.78. The number of nitrogens with zero attached hydrogens (tertiary/aromatic N) is 2. The average molecular weight is 424 g/mol. The topological polar surface area (TPSA) is 79.0 Å². The second kappa shape index (κ2) is 9.91. The lowest BCUT2D eigenvalue weighted by molar-refractivity contribution is -0.122. The summed E-state index contributed by atoms with van der Waals surface area (Å²) in [5.41, 5.74) is 0.494. The maximum atomic E-state index is 13.2. The molecule has 1 amide bonds. The standard InChI is InChI=1S/C21H33N3O4S/c1-3-12-23-13-8-5-9-18(23)21(25)22-17-10-11-19(28-2)20(16-17)29(26,27)24-14-6-4-7-15-24/h10-11,16,18H,3-9,12-15H2,1-2H3,(H,22,25). The molecule has 0 radical (unpaired) electrons. The van der Waals surface area contributed by atoms with Gasteiger partial charge in [-0.05, 0) is 63.4 Å². The number of anilines is 1. The Hall–Kier alpha value is -1.64. The van der Waals surface area contributed by atoms with E-state index in [9.17, 15) is 13.2 Å². The predicted molar refractivity (Wildman–Crippen MR) is 114 cm³/mol. The highest BCUT2D eigenvalue weighted by molar-refractivity contribution is 7.89. The third-order valence-electron chi connectivity index (χ3n) is 5.79. The van der Waals surface area contributed by atoms with Gasteiger partial charge >= 0.3 is 0 Å². The van der Waals surface area contributed by atoms with Crippen LogP contribution < -0.4 is 10.1 Å². The molecule has 0 aromatic heterocycles. The molecular weight excluding hydrogens is 390 g/mol. The molecule has 1 atom stereocenters. The number of carbonyl (C=O) groups excluding carboxylic acids is 1. The number of carbonyl (C=O) groups is 1. The Balaban J connectivity index is 1.82. The molecule has 2 aliphatic rings. The second-order valence-electron chi connectivity index (χ2n) is 7.87. The van der Waals surface area contributed by atoms with Crippen molar-refractivity contribution in [1.29, 1.82) is 0 Å². The molecule has 0 spiro atoms. The molecule has 1 unspecified atom stereocenters. The number of benzene rings is 1. The number of likely N-dealkylation sites (tertiary alicyclic amines) is 1. The minimum atomic E-state index is -3.66. The van der Waals surface area contributed by atoms with Gasteiger partial charge in [-0.1, -0.05) is 19.8 Å². The third-order valence-corrected chi connectivity index (χ3v) is 7.71. The zero-order valence-corrected chi connectivity index (χ0v) is 18.3. The van der Waals surface area contributed by atoms with Crippen LogP contribution in [0.2, 0.25) is 0 Å². The summed E-state index contributed by atoms with van der Waals surface area (Å²) in [4.78, 5) is 15.3. The molecule has 2 heterocycles. The van der Waals surface area contributed by atoms with Crippen molar-refractivity contribution < 1.29 is 17.9 Å². The first-order valence-electron chi connectivity index (χ1n) is 10.7. The largest absolute Gasteiger partial charge is 0.495 e. The Bertz CT molecular complexity index is 804. The van der Waals surface area contributed by atoms with Gasteiger partial charge in [0.25, 0.3) is 0 Å².